The van der Waals surface area contributed by atoms with E-state index in [0.29, 0.717) is 33.8 Å². The van der Waals surface area contributed by atoms with E-state index in [4.69, 9.17) is 4.74 Å². The number of sulfonamides is 2. The average Bonchev–Trinajstić information content (AvgIpc) is 2.67. The molecule has 31 heavy (non-hydrogen) atoms. The predicted octanol–water partition coefficient (Wildman–Crippen LogP) is 4.13. The second kappa shape index (κ2) is 10.9. The lowest BCUT2D eigenvalue weighted by atomic mass is 9.66. The van der Waals surface area contributed by atoms with Crippen molar-refractivity contribution in [2.24, 2.45) is 5.92 Å². The zero-order chi connectivity index (χ0) is 24.0. The minimum Gasteiger partial charge on any atom is -0.384 e. The molecular formula is C22H37NO6S2. The number of rotatable bonds is 8. The Kier molecular flexibility index (Phi) is 9.72. The number of Topliss-reactive ketones (excluding diaryl/α,β-unsaturated/α-hetero) is 1. The van der Waals surface area contributed by atoms with Gasteiger partial charge in [-0.25, -0.2) is 16.8 Å². The van der Waals surface area contributed by atoms with E-state index in [1.165, 1.54) is 6.07 Å². The lowest BCUT2D eigenvalue weighted by Crippen LogP contribution is -2.36. The van der Waals surface area contributed by atoms with Crippen molar-refractivity contribution < 1.29 is 26.4 Å². The van der Waals surface area contributed by atoms with Crippen molar-refractivity contribution in [3.05, 3.63) is 29.3 Å². The van der Waals surface area contributed by atoms with Gasteiger partial charge in [-0.2, -0.15) is 3.71 Å². The molecule has 0 N–H and O–H groups in total. The fourth-order valence-corrected chi connectivity index (χ4v) is 7.41. The van der Waals surface area contributed by atoms with E-state index in [0.717, 1.165) is 38.2 Å². The first kappa shape index (κ1) is 27.6. The molecule has 0 aromatic heterocycles. The van der Waals surface area contributed by atoms with Gasteiger partial charge in [0.05, 0.1) is 18.2 Å². The van der Waals surface area contributed by atoms with E-state index in [1.54, 1.807) is 26.2 Å². The van der Waals surface area contributed by atoms with Crippen molar-refractivity contribution >= 4 is 31.5 Å². The summed E-state index contributed by atoms with van der Waals surface area (Å²) < 4.78 is 54.6. The predicted molar refractivity (Wildman–Crippen MR) is 126 cm³/mol. The summed E-state index contributed by atoms with van der Waals surface area (Å²) >= 11 is 0. The van der Waals surface area contributed by atoms with Crippen LogP contribution in [0.2, 0.25) is 0 Å². The van der Waals surface area contributed by atoms with Gasteiger partial charge in [0.1, 0.15) is 0 Å². The molecule has 7 nitrogen and oxygen atoms in total. The Morgan fingerprint density at radius 1 is 1.16 bits per heavy atom. The summed E-state index contributed by atoms with van der Waals surface area (Å²) in [5, 5.41) is 0. The second-order valence-electron chi connectivity index (χ2n) is 8.21. The number of hydrogen-bond donors (Lipinski definition) is 0. The lowest BCUT2D eigenvalue weighted by Gasteiger charge is -2.40. The maximum atomic E-state index is 12.6. The van der Waals surface area contributed by atoms with Gasteiger partial charge in [0.25, 0.3) is 0 Å². The van der Waals surface area contributed by atoms with Crippen molar-refractivity contribution in [2.75, 3.05) is 29.9 Å². The Hall–Kier alpha value is -1.45. The number of ether oxygens (including phenoxy) is 1. The van der Waals surface area contributed by atoms with Gasteiger partial charge in [-0.15, -0.1) is 0 Å². The summed E-state index contributed by atoms with van der Waals surface area (Å²) in [5.41, 5.74) is 0.893. The van der Waals surface area contributed by atoms with Crippen LogP contribution >= 0.6 is 0 Å². The van der Waals surface area contributed by atoms with Crippen LogP contribution in [-0.4, -0.2) is 48.8 Å². The Balaban J connectivity index is 0.00000233. The molecule has 0 saturated heterocycles. The summed E-state index contributed by atoms with van der Waals surface area (Å²) in [5.74, 6) is 0.278. The molecule has 1 aliphatic rings. The molecule has 2 atom stereocenters. The number of benzene rings is 1. The quantitative estimate of drug-likeness (QED) is 0.525. The van der Waals surface area contributed by atoms with Crippen molar-refractivity contribution in [2.45, 2.75) is 65.2 Å². The normalized spacial score (nSPS) is 21.7. The van der Waals surface area contributed by atoms with Crippen LogP contribution in [-0.2, 0) is 30.2 Å². The molecule has 1 aromatic rings. The maximum absolute atomic E-state index is 12.6. The first-order chi connectivity index (χ1) is 14.3. The van der Waals surface area contributed by atoms with E-state index >= 15 is 0 Å². The SMILES string of the molecule is CC.CCC(=O)c1ccc(N(S(C)(=O)=O)S(C)(=O)=O)cc1[C@@]1(C)CCC[C@H](COC)C1. The zero-order valence-corrected chi connectivity index (χ0v) is 21.4. The van der Waals surface area contributed by atoms with Gasteiger partial charge in [0, 0.05) is 25.7 Å². The van der Waals surface area contributed by atoms with Crippen molar-refractivity contribution in [1.29, 1.82) is 0 Å². The molecule has 0 aliphatic heterocycles. The molecule has 1 aromatic carbocycles. The van der Waals surface area contributed by atoms with Crippen LogP contribution in [0.15, 0.2) is 18.2 Å². The van der Waals surface area contributed by atoms with Gasteiger partial charge in [0.2, 0.25) is 20.0 Å². The minimum atomic E-state index is -4.06. The van der Waals surface area contributed by atoms with Crippen LogP contribution in [0.25, 0.3) is 0 Å². The van der Waals surface area contributed by atoms with E-state index in [9.17, 15) is 21.6 Å². The lowest BCUT2D eigenvalue weighted by molar-refractivity contribution is 0.0972. The molecule has 0 amide bonds. The highest BCUT2D eigenvalue weighted by atomic mass is 32.3. The Morgan fingerprint density at radius 3 is 2.23 bits per heavy atom. The summed E-state index contributed by atoms with van der Waals surface area (Å²) in [7, 11) is -6.46. The standard InChI is InChI=1S/C20H31NO6S2.C2H6/c1-6-19(22)17-10-9-16(21(28(4,23)24)29(5,25)26)12-18(17)20(2)11-7-8-15(13-20)14-27-3;1-2/h9-10,12,15H,6-8,11,13-14H2,1-5H3;1-2H3/t15-,20-;/m0./s1. The molecule has 1 saturated carbocycles. The van der Waals surface area contributed by atoms with E-state index < -0.39 is 20.0 Å². The molecule has 0 radical (unpaired) electrons. The fourth-order valence-electron chi connectivity index (χ4n) is 4.45. The van der Waals surface area contributed by atoms with Crippen LogP contribution in [0.5, 0.6) is 0 Å². The van der Waals surface area contributed by atoms with Crippen molar-refractivity contribution in [3.63, 3.8) is 0 Å². The molecule has 0 bridgehead atoms. The first-order valence-electron chi connectivity index (χ1n) is 10.7. The molecule has 0 heterocycles. The largest absolute Gasteiger partial charge is 0.384 e. The third-order valence-electron chi connectivity index (χ3n) is 5.57. The number of nitrogens with zero attached hydrogens (tertiary/aromatic N) is 1. The highest BCUT2D eigenvalue weighted by Crippen LogP contribution is 2.44. The molecule has 9 heteroatoms. The van der Waals surface area contributed by atoms with Gasteiger partial charge < -0.3 is 4.74 Å². The van der Waals surface area contributed by atoms with Crippen LogP contribution in [0, 0.1) is 5.92 Å². The fraction of sp³-hybridized carbons (Fsp3) is 0.682. The molecule has 1 fully saturated rings. The number of anilines is 1. The smallest absolute Gasteiger partial charge is 0.245 e. The topological polar surface area (TPSA) is 97.8 Å². The van der Waals surface area contributed by atoms with Crippen LogP contribution in [0.3, 0.4) is 0 Å². The average molecular weight is 476 g/mol. The molecule has 178 valence electrons. The van der Waals surface area contributed by atoms with Crippen LogP contribution in [0.4, 0.5) is 5.69 Å². The summed E-state index contributed by atoms with van der Waals surface area (Å²) in [6.45, 7) is 8.45. The third kappa shape index (κ3) is 6.76. The van der Waals surface area contributed by atoms with Gasteiger partial charge >= 0.3 is 0 Å². The van der Waals surface area contributed by atoms with E-state index in [2.05, 4.69) is 6.92 Å². The first-order valence-corrected chi connectivity index (χ1v) is 14.4. The second-order valence-corrected chi connectivity index (χ2v) is 12.1. The molecular weight excluding hydrogens is 438 g/mol. The van der Waals surface area contributed by atoms with Gasteiger partial charge in [-0.1, -0.05) is 34.1 Å². The molecule has 2 rings (SSSR count). The third-order valence-corrected chi connectivity index (χ3v) is 8.82. The summed E-state index contributed by atoms with van der Waals surface area (Å²) in [4.78, 5) is 12.6. The molecule has 1 aliphatic carbocycles. The van der Waals surface area contributed by atoms with Crippen LogP contribution in [0.1, 0.15) is 75.7 Å². The number of ketones is 1. The Bertz CT molecular complexity index is 938. The van der Waals surface area contributed by atoms with Gasteiger partial charge in [-0.05, 0) is 54.4 Å². The van der Waals surface area contributed by atoms with E-state index in [-0.39, 0.29) is 16.9 Å². The number of methoxy groups -OCH3 is 1. The van der Waals surface area contributed by atoms with E-state index in [1.807, 2.05) is 13.8 Å². The summed E-state index contributed by atoms with van der Waals surface area (Å²) in [6, 6.07) is 4.53. The van der Waals surface area contributed by atoms with Crippen LogP contribution < -0.4 is 3.71 Å². The zero-order valence-electron chi connectivity index (χ0n) is 19.8. The highest BCUT2D eigenvalue weighted by Gasteiger charge is 2.37. The molecule has 0 spiro atoms. The Morgan fingerprint density at radius 2 is 1.74 bits per heavy atom. The number of carbonyl (C=O) groups is 1. The Labute approximate surface area is 188 Å². The number of hydrogen-bond acceptors (Lipinski definition) is 6. The summed E-state index contributed by atoms with van der Waals surface area (Å²) in [6.07, 6.45) is 5.62. The monoisotopic (exact) mass is 475 g/mol. The highest BCUT2D eigenvalue weighted by molar-refractivity contribution is 8.09. The molecule has 0 unspecified atom stereocenters. The minimum absolute atomic E-state index is 0.0349. The van der Waals surface area contributed by atoms with Crippen molar-refractivity contribution in [3.8, 4) is 0 Å². The van der Waals surface area contributed by atoms with Gasteiger partial charge in [-0.3, -0.25) is 4.79 Å². The maximum Gasteiger partial charge on any atom is 0.245 e. The van der Waals surface area contributed by atoms with Crippen molar-refractivity contribution in [1.82, 2.24) is 0 Å². The van der Waals surface area contributed by atoms with Gasteiger partial charge in [0.15, 0.2) is 5.78 Å². The number of carbonyl (C=O) groups excluding carboxylic acids is 1.